The van der Waals surface area contributed by atoms with E-state index in [4.69, 9.17) is 16.3 Å². The first-order chi connectivity index (χ1) is 15.5. The lowest BCUT2D eigenvalue weighted by molar-refractivity contribution is -0.384. The molecule has 0 radical (unpaired) electrons. The second-order valence-electron chi connectivity index (χ2n) is 7.59. The van der Waals surface area contributed by atoms with Gasteiger partial charge in [0.15, 0.2) is 0 Å². The van der Waals surface area contributed by atoms with E-state index in [9.17, 15) is 24.5 Å². The van der Waals surface area contributed by atoms with Gasteiger partial charge in [0.1, 0.15) is 11.8 Å². The maximum Gasteiger partial charge on any atom is 0.270 e. The van der Waals surface area contributed by atoms with Crippen molar-refractivity contribution in [3.05, 3.63) is 63.2 Å². The van der Waals surface area contributed by atoms with E-state index in [1.807, 2.05) is 0 Å². The number of non-ortho nitro benzene ring substituents is 1. The Labute approximate surface area is 196 Å². The molecule has 3 amide bonds. The van der Waals surface area contributed by atoms with Crippen LogP contribution in [0.3, 0.4) is 0 Å². The number of rotatable bonds is 9. The number of amides is 3. The summed E-state index contributed by atoms with van der Waals surface area (Å²) in [4.78, 5) is 49.5. The van der Waals surface area contributed by atoms with Crippen molar-refractivity contribution >= 4 is 40.7 Å². The molecule has 0 saturated carbocycles. The monoisotopic (exact) mass is 476 g/mol. The van der Waals surface area contributed by atoms with E-state index in [0.29, 0.717) is 11.4 Å². The van der Waals surface area contributed by atoms with Gasteiger partial charge in [0.25, 0.3) is 11.6 Å². The summed E-state index contributed by atoms with van der Waals surface area (Å²) in [6, 6.07) is 9.29. The topological polar surface area (TPSA) is 131 Å². The molecule has 10 nitrogen and oxygen atoms in total. The Morgan fingerprint density at radius 2 is 1.88 bits per heavy atom. The first-order valence-electron chi connectivity index (χ1n) is 9.97. The van der Waals surface area contributed by atoms with Crippen molar-refractivity contribution in [1.82, 2.24) is 10.2 Å². The number of nitro benzene ring substituents is 1. The molecule has 0 aliphatic rings. The predicted molar refractivity (Wildman–Crippen MR) is 123 cm³/mol. The summed E-state index contributed by atoms with van der Waals surface area (Å²) in [6.07, 6.45) is 0. The van der Waals surface area contributed by atoms with Crippen LogP contribution in [-0.4, -0.2) is 54.3 Å². The Kier molecular flexibility index (Phi) is 8.75. The molecule has 0 saturated heterocycles. The van der Waals surface area contributed by atoms with Crippen LogP contribution in [0, 0.1) is 16.0 Å². The fraction of sp³-hybridized carbons (Fsp3) is 0.318. The van der Waals surface area contributed by atoms with Gasteiger partial charge in [-0.15, -0.1) is 0 Å². The number of hydrogen-bond acceptors (Lipinski definition) is 6. The van der Waals surface area contributed by atoms with Gasteiger partial charge in [0.05, 0.1) is 29.2 Å². The highest BCUT2D eigenvalue weighted by atomic mass is 35.5. The molecule has 2 N–H and O–H groups in total. The summed E-state index contributed by atoms with van der Waals surface area (Å²) in [5, 5.41) is 16.0. The molecular weight excluding hydrogens is 452 g/mol. The minimum atomic E-state index is -0.946. The molecule has 0 aliphatic carbocycles. The lowest BCUT2D eigenvalue weighted by Gasteiger charge is -2.27. The van der Waals surface area contributed by atoms with Crippen LogP contribution in [-0.2, 0) is 9.59 Å². The molecule has 176 valence electrons. The summed E-state index contributed by atoms with van der Waals surface area (Å²) in [7, 11) is 2.96. The Balaban J connectivity index is 2.06. The van der Waals surface area contributed by atoms with Gasteiger partial charge in [0.2, 0.25) is 11.8 Å². The van der Waals surface area contributed by atoms with Crippen molar-refractivity contribution in [3.8, 4) is 5.75 Å². The number of benzene rings is 2. The second-order valence-corrected chi connectivity index (χ2v) is 8.00. The standard InChI is InChI=1S/C22H25ClN4O6/c1-13(2)20(25-21(29)17-9-8-15(27(31)32)11-18(17)23)22(30)26(3)12-19(28)24-14-6-5-7-16(10-14)33-4/h5-11,13,20H,12H2,1-4H3,(H,24,28)(H,25,29). The lowest BCUT2D eigenvalue weighted by atomic mass is 10.0. The van der Waals surface area contributed by atoms with E-state index in [-0.39, 0.29) is 28.7 Å². The average Bonchev–Trinajstić information content (AvgIpc) is 2.76. The van der Waals surface area contributed by atoms with Crippen LogP contribution >= 0.6 is 11.6 Å². The number of anilines is 1. The highest BCUT2D eigenvalue weighted by molar-refractivity contribution is 6.34. The zero-order valence-electron chi connectivity index (χ0n) is 18.6. The van der Waals surface area contributed by atoms with Crippen LogP contribution in [0.5, 0.6) is 5.75 Å². The Morgan fingerprint density at radius 3 is 2.45 bits per heavy atom. The van der Waals surface area contributed by atoms with Crippen molar-refractivity contribution in [2.75, 3.05) is 26.0 Å². The molecule has 11 heteroatoms. The first-order valence-corrected chi connectivity index (χ1v) is 10.3. The van der Waals surface area contributed by atoms with Gasteiger partial charge in [-0.3, -0.25) is 24.5 Å². The quantitative estimate of drug-likeness (QED) is 0.422. The van der Waals surface area contributed by atoms with Crippen molar-refractivity contribution in [2.45, 2.75) is 19.9 Å². The largest absolute Gasteiger partial charge is 0.497 e. The molecule has 0 fully saturated rings. The first kappa shape index (κ1) is 25.6. The number of methoxy groups -OCH3 is 1. The maximum absolute atomic E-state index is 13.0. The van der Waals surface area contributed by atoms with Gasteiger partial charge in [-0.1, -0.05) is 31.5 Å². The van der Waals surface area contributed by atoms with Gasteiger partial charge >= 0.3 is 0 Å². The number of nitrogens with one attached hydrogen (secondary N) is 2. The Bertz CT molecular complexity index is 1060. The molecule has 1 unspecified atom stereocenters. The molecule has 0 aliphatic heterocycles. The number of carbonyl (C=O) groups is 3. The van der Waals surface area contributed by atoms with Crippen molar-refractivity contribution in [3.63, 3.8) is 0 Å². The highest BCUT2D eigenvalue weighted by Gasteiger charge is 2.29. The van der Waals surface area contributed by atoms with Crippen LogP contribution in [0.15, 0.2) is 42.5 Å². The smallest absolute Gasteiger partial charge is 0.270 e. The van der Waals surface area contributed by atoms with Crippen LogP contribution in [0.2, 0.25) is 5.02 Å². The average molecular weight is 477 g/mol. The van der Waals surface area contributed by atoms with Crippen LogP contribution in [0.25, 0.3) is 0 Å². The molecule has 2 aromatic carbocycles. The third-order valence-electron chi connectivity index (χ3n) is 4.74. The molecule has 2 aromatic rings. The van der Waals surface area contributed by atoms with Crippen LogP contribution < -0.4 is 15.4 Å². The van der Waals surface area contributed by atoms with Gasteiger partial charge in [-0.2, -0.15) is 0 Å². The van der Waals surface area contributed by atoms with E-state index in [1.165, 1.54) is 25.1 Å². The van der Waals surface area contributed by atoms with E-state index in [2.05, 4.69) is 10.6 Å². The third-order valence-corrected chi connectivity index (χ3v) is 5.05. The molecule has 1 atom stereocenters. The minimum absolute atomic E-state index is 0.000798. The fourth-order valence-electron chi connectivity index (χ4n) is 2.97. The molecule has 0 aromatic heterocycles. The van der Waals surface area contributed by atoms with E-state index in [1.54, 1.807) is 38.1 Å². The van der Waals surface area contributed by atoms with E-state index >= 15 is 0 Å². The number of carbonyl (C=O) groups excluding carboxylic acids is 3. The summed E-state index contributed by atoms with van der Waals surface area (Å²) in [5.41, 5.74) is 0.260. The molecule has 0 bridgehead atoms. The van der Waals surface area contributed by atoms with Gasteiger partial charge in [-0.05, 0) is 24.1 Å². The lowest BCUT2D eigenvalue weighted by Crippen LogP contribution is -2.51. The van der Waals surface area contributed by atoms with Crippen molar-refractivity contribution in [2.24, 2.45) is 5.92 Å². The number of likely N-dealkylation sites (N-methyl/N-ethyl adjacent to an activating group) is 1. The summed E-state index contributed by atoms with van der Waals surface area (Å²) in [6.45, 7) is 3.24. The molecule has 0 spiro atoms. The zero-order chi connectivity index (χ0) is 24.7. The second kappa shape index (κ2) is 11.3. The van der Waals surface area contributed by atoms with Gasteiger partial charge < -0.3 is 20.3 Å². The number of nitro groups is 1. The number of nitrogens with zero attached hydrogens (tertiary/aromatic N) is 2. The van der Waals surface area contributed by atoms with Gasteiger partial charge in [-0.25, -0.2) is 0 Å². The number of hydrogen-bond donors (Lipinski definition) is 2. The maximum atomic E-state index is 13.0. The Hall–Kier alpha value is -3.66. The van der Waals surface area contributed by atoms with E-state index in [0.717, 1.165) is 12.1 Å². The molecule has 0 heterocycles. The molecule has 33 heavy (non-hydrogen) atoms. The zero-order valence-corrected chi connectivity index (χ0v) is 19.4. The van der Waals surface area contributed by atoms with Crippen LogP contribution in [0.4, 0.5) is 11.4 Å². The van der Waals surface area contributed by atoms with Crippen LogP contribution in [0.1, 0.15) is 24.2 Å². The SMILES string of the molecule is COc1cccc(NC(=O)CN(C)C(=O)C(NC(=O)c2ccc([N+](=O)[O-])cc2Cl)C(C)C)c1. The predicted octanol–water partition coefficient (Wildman–Crippen LogP) is 3.11. The Morgan fingerprint density at radius 1 is 1.18 bits per heavy atom. The summed E-state index contributed by atoms with van der Waals surface area (Å²) >= 11 is 6.02. The van der Waals surface area contributed by atoms with Gasteiger partial charge in [0, 0.05) is 30.9 Å². The van der Waals surface area contributed by atoms with Crippen molar-refractivity contribution < 1.29 is 24.0 Å². The summed E-state index contributed by atoms with van der Waals surface area (Å²) < 4.78 is 5.11. The molecular formula is C22H25ClN4O6. The number of ether oxygens (including phenoxy) is 1. The normalized spacial score (nSPS) is 11.5. The van der Waals surface area contributed by atoms with Crippen molar-refractivity contribution in [1.29, 1.82) is 0 Å². The minimum Gasteiger partial charge on any atom is -0.497 e. The fourth-order valence-corrected chi connectivity index (χ4v) is 3.23. The molecule has 2 rings (SSSR count). The highest BCUT2D eigenvalue weighted by Crippen LogP contribution is 2.23. The third kappa shape index (κ3) is 6.91. The number of halogens is 1. The van der Waals surface area contributed by atoms with E-state index < -0.39 is 28.7 Å². The summed E-state index contributed by atoms with van der Waals surface area (Å²) in [5.74, 6) is -1.29.